The number of aromatic nitrogens is 2. The zero-order chi connectivity index (χ0) is 20.5. The standard InChI is InChI=1S/C26H25N2O2/c1-3-30-23-13-8-20(9-14-23)25-18-27(21-11-15-22(29-2)16-12-21)26-17-10-19-6-4-5-7-24(19)28(25)26/h4-9,11-16,18H,3,10,17H2,1-2H3/q+1. The van der Waals surface area contributed by atoms with E-state index in [2.05, 4.69) is 63.9 Å². The van der Waals surface area contributed by atoms with Crippen molar-refractivity contribution in [2.24, 2.45) is 0 Å². The van der Waals surface area contributed by atoms with Gasteiger partial charge in [0.1, 0.15) is 29.1 Å². The van der Waals surface area contributed by atoms with E-state index in [4.69, 9.17) is 9.47 Å². The zero-order valence-electron chi connectivity index (χ0n) is 17.3. The Kier molecular flexibility index (Phi) is 4.75. The van der Waals surface area contributed by atoms with Gasteiger partial charge in [0, 0.05) is 5.56 Å². The summed E-state index contributed by atoms with van der Waals surface area (Å²) in [7, 11) is 1.70. The van der Waals surface area contributed by atoms with Crippen molar-refractivity contribution in [1.29, 1.82) is 0 Å². The number of ether oxygens (including phenoxy) is 2. The molecule has 0 saturated carbocycles. The molecule has 2 heterocycles. The molecule has 0 atom stereocenters. The Labute approximate surface area is 176 Å². The van der Waals surface area contributed by atoms with Gasteiger partial charge < -0.3 is 9.47 Å². The molecule has 0 fully saturated rings. The summed E-state index contributed by atoms with van der Waals surface area (Å²) in [5.41, 5.74) is 6.13. The van der Waals surface area contributed by atoms with Crippen molar-refractivity contribution >= 4 is 0 Å². The summed E-state index contributed by atoms with van der Waals surface area (Å²) in [4.78, 5) is 0. The van der Waals surface area contributed by atoms with Gasteiger partial charge in [0.25, 0.3) is 5.82 Å². The third-order valence-electron chi connectivity index (χ3n) is 5.69. The van der Waals surface area contributed by atoms with Crippen molar-refractivity contribution in [3.63, 3.8) is 0 Å². The maximum absolute atomic E-state index is 5.64. The number of methoxy groups -OCH3 is 1. The number of aryl methyl sites for hydroxylation is 1. The Morgan fingerprint density at radius 1 is 0.867 bits per heavy atom. The normalized spacial score (nSPS) is 12.2. The predicted octanol–water partition coefficient (Wildman–Crippen LogP) is 4.93. The Bertz CT molecular complexity index is 1170. The van der Waals surface area contributed by atoms with Gasteiger partial charge in [0.15, 0.2) is 5.69 Å². The number of fused-ring (bicyclic) bond motifs is 3. The highest BCUT2D eigenvalue weighted by atomic mass is 16.5. The Balaban J connectivity index is 1.69. The van der Waals surface area contributed by atoms with E-state index in [1.165, 1.54) is 28.3 Å². The number of para-hydroxylation sites is 1. The summed E-state index contributed by atoms with van der Waals surface area (Å²) < 4.78 is 15.7. The largest absolute Gasteiger partial charge is 0.497 e. The minimum Gasteiger partial charge on any atom is -0.497 e. The molecular weight excluding hydrogens is 372 g/mol. The van der Waals surface area contributed by atoms with Crippen LogP contribution in [-0.4, -0.2) is 18.3 Å². The van der Waals surface area contributed by atoms with Crippen molar-refractivity contribution < 1.29 is 14.0 Å². The number of nitrogens with zero attached hydrogens (tertiary/aromatic N) is 2. The van der Waals surface area contributed by atoms with Crippen LogP contribution in [0.5, 0.6) is 11.5 Å². The topological polar surface area (TPSA) is 27.3 Å². The molecule has 0 spiro atoms. The van der Waals surface area contributed by atoms with Gasteiger partial charge >= 0.3 is 0 Å². The van der Waals surface area contributed by atoms with Crippen LogP contribution in [0.3, 0.4) is 0 Å². The zero-order valence-corrected chi connectivity index (χ0v) is 17.3. The summed E-state index contributed by atoms with van der Waals surface area (Å²) in [6.45, 7) is 2.68. The van der Waals surface area contributed by atoms with Gasteiger partial charge in [-0.25, -0.2) is 0 Å². The van der Waals surface area contributed by atoms with Crippen LogP contribution in [0, 0.1) is 0 Å². The number of hydrogen-bond donors (Lipinski definition) is 0. The maximum atomic E-state index is 5.64. The molecule has 4 heteroatoms. The fourth-order valence-electron chi connectivity index (χ4n) is 4.25. The van der Waals surface area contributed by atoms with Gasteiger partial charge in [-0.2, -0.15) is 9.13 Å². The van der Waals surface area contributed by atoms with E-state index in [0.29, 0.717) is 6.61 Å². The van der Waals surface area contributed by atoms with E-state index >= 15 is 0 Å². The summed E-state index contributed by atoms with van der Waals surface area (Å²) >= 11 is 0. The van der Waals surface area contributed by atoms with Gasteiger partial charge in [0.2, 0.25) is 0 Å². The van der Waals surface area contributed by atoms with E-state index in [1.54, 1.807) is 7.11 Å². The number of benzene rings is 3. The molecule has 0 bridgehead atoms. The highest BCUT2D eigenvalue weighted by Crippen LogP contribution is 2.29. The molecular formula is C26H25N2O2+. The van der Waals surface area contributed by atoms with E-state index in [0.717, 1.165) is 30.0 Å². The van der Waals surface area contributed by atoms with Gasteiger partial charge in [-0.3, -0.25) is 0 Å². The molecule has 0 unspecified atom stereocenters. The van der Waals surface area contributed by atoms with Crippen molar-refractivity contribution in [3.8, 4) is 34.1 Å². The molecule has 0 amide bonds. The maximum Gasteiger partial charge on any atom is 0.267 e. The first kappa shape index (κ1) is 18.5. The Hall–Kier alpha value is -3.53. The molecule has 3 aromatic carbocycles. The molecule has 1 aromatic heterocycles. The number of hydrogen-bond acceptors (Lipinski definition) is 2. The lowest BCUT2D eigenvalue weighted by atomic mass is 10.0. The van der Waals surface area contributed by atoms with Gasteiger partial charge in [-0.1, -0.05) is 18.2 Å². The molecule has 0 N–H and O–H groups in total. The molecule has 4 aromatic rings. The second kappa shape index (κ2) is 7.71. The van der Waals surface area contributed by atoms with Gasteiger partial charge in [-0.05, 0) is 73.5 Å². The van der Waals surface area contributed by atoms with E-state index in [-0.39, 0.29) is 0 Å². The highest BCUT2D eigenvalue weighted by molar-refractivity contribution is 5.59. The second-order valence-electron chi connectivity index (χ2n) is 7.42. The quantitative estimate of drug-likeness (QED) is 0.447. The molecule has 0 saturated heterocycles. The molecule has 0 radical (unpaired) electrons. The van der Waals surface area contributed by atoms with Crippen LogP contribution >= 0.6 is 0 Å². The fraction of sp³-hybridized carbons (Fsp3) is 0.192. The summed E-state index contributed by atoms with van der Waals surface area (Å²) in [6, 6.07) is 25.3. The van der Waals surface area contributed by atoms with Crippen LogP contribution in [-0.2, 0) is 12.8 Å². The van der Waals surface area contributed by atoms with Gasteiger partial charge in [0.05, 0.1) is 20.1 Å². The first-order chi connectivity index (χ1) is 14.8. The van der Waals surface area contributed by atoms with Crippen molar-refractivity contribution in [2.75, 3.05) is 13.7 Å². The highest BCUT2D eigenvalue weighted by Gasteiger charge is 2.31. The van der Waals surface area contributed by atoms with Crippen LogP contribution in [0.25, 0.3) is 22.6 Å². The van der Waals surface area contributed by atoms with Crippen molar-refractivity contribution in [1.82, 2.24) is 4.57 Å². The second-order valence-corrected chi connectivity index (χ2v) is 7.42. The average Bonchev–Trinajstić information content (AvgIpc) is 3.20. The molecule has 1 aliphatic rings. The van der Waals surface area contributed by atoms with E-state index in [9.17, 15) is 0 Å². The van der Waals surface area contributed by atoms with E-state index < -0.39 is 0 Å². The molecule has 4 nitrogen and oxygen atoms in total. The molecule has 5 rings (SSSR count). The van der Waals surface area contributed by atoms with Crippen molar-refractivity contribution in [2.45, 2.75) is 19.8 Å². The summed E-state index contributed by atoms with van der Waals surface area (Å²) in [5.74, 6) is 3.04. The van der Waals surface area contributed by atoms with E-state index in [1.807, 2.05) is 31.2 Å². The van der Waals surface area contributed by atoms with Crippen LogP contribution in [0.1, 0.15) is 18.3 Å². The monoisotopic (exact) mass is 397 g/mol. The summed E-state index contributed by atoms with van der Waals surface area (Å²) in [6.07, 6.45) is 4.27. The Morgan fingerprint density at radius 2 is 1.60 bits per heavy atom. The SMILES string of the molecule is CCOc1ccc(-c2cn(-c3ccc(OC)cc3)c3[n+]2-c2ccccc2CC3)cc1. The lowest BCUT2D eigenvalue weighted by Gasteiger charge is -2.15. The minimum absolute atomic E-state index is 0.671. The van der Waals surface area contributed by atoms with Crippen LogP contribution in [0.15, 0.2) is 79.0 Å². The number of rotatable bonds is 5. The van der Waals surface area contributed by atoms with Gasteiger partial charge in [-0.15, -0.1) is 0 Å². The third kappa shape index (κ3) is 3.14. The van der Waals surface area contributed by atoms with Crippen molar-refractivity contribution in [3.05, 3.63) is 90.4 Å². The molecule has 0 aliphatic carbocycles. The smallest absolute Gasteiger partial charge is 0.267 e. The Morgan fingerprint density at radius 3 is 2.33 bits per heavy atom. The molecule has 150 valence electrons. The first-order valence-corrected chi connectivity index (χ1v) is 10.4. The van der Waals surface area contributed by atoms with Crippen LogP contribution in [0.4, 0.5) is 0 Å². The predicted molar refractivity (Wildman–Crippen MR) is 118 cm³/mol. The molecule has 30 heavy (non-hydrogen) atoms. The van der Waals surface area contributed by atoms with Crippen LogP contribution in [0.2, 0.25) is 0 Å². The first-order valence-electron chi connectivity index (χ1n) is 10.4. The summed E-state index contributed by atoms with van der Waals surface area (Å²) in [5, 5.41) is 0. The number of imidazole rings is 1. The average molecular weight is 397 g/mol. The molecule has 1 aliphatic heterocycles. The lowest BCUT2D eigenvalue weighted by Crippen LogP contribution is -2.41. The minimum atomic E-state index is 0.671. The van der Waals surface area contributed by atoms with Crippen LogP contribution < -0.4 is 14.0 Å². The lowest BCUT2D eigenvalue weighted by molar-refractivity contribution is -0.595. The fourth-order valence-corrected chi connectivity index (χ4v) is 4.25. The third-order valence-corrected chi connectivity index (χ3v) is 5.69.